The number of carboxylic acids is 1. The lowest BCUT2D eigenvalue weighted by Gasteiger charge is -2.26. The second-order valence-electron chi connectivity index (χ2n) is 9.02. The molecule has 8 N–H and O–H groups in total. The monoisotopic (exact) mass is 505 g/mol. The van der Waals surface area contributed by atoms with Gasteiger partial charge in [-0.3, -0.25) is 19.2 Å². The van der Waals surface area contributed by atoms with E-state index < -0.39 is 60.2 Å². The number of hydrogen-bond donors (Lipinski definition) is 7. The molecule has 0 aliphatic carbocycles. The number of nitrogens with one attached hydrogen (secondary N) is 4. The van der Waals surface area contributed by atoms with E-state index in [4.69, 9.17) is 5.73 Å². The van der Waals surface area contributed by atoms with Gasteiger partial charge in [0.2, 0.25) is 23.6 Å². The average molecular weight is 506 g/mol. The van der Waals surface area contributed by atoms with Gasteiger partial charge in [0.25, 0.3) is 0 Å². The Morgan fingerprint density at radius 2 is 1.69 bits per heavy atom. The molecule has 36 heavy (non-hydrogen) atoms. The van der Waals surface area contributed by atoms with E-state index in [0.717, 1.165) is 6.42 Å². The van der Waals surface area contributed by atoms with Crippen LogP contribution in [0, 0.1) is 5.92 Å². The smallest absolute Gasteiger partial charge is 0.326 e. The number of carbonyl (C=O) groups excluding carboxylic acids is 4. The van der Waals surface area contributed by atoms with Crippen molar-refractivity contribution in [2.75, 3.05) is 6.54 Å². The summed E-state index contributed by atoms with van der Waals surface area (Å²) < 4.78 is 0. The van der Waals surface area contributed by atoms with Crippen molar-refractivity contribution in [1.82, 2.24) is 21.3 Å². The third kappa shape index (κ3) is 8.52. The van der Waals surface area contributed by atoms with Gasteiger partial charge in [-0.25, -0.2) is 4.79 Å². The molecule has 0 saturated carbocycles. The van der Waals surface area contributed by atoms with Crippen LogP contribution in [0.1, 0.15) is 45.1 Å². The zero-order valence-corrected chi connectivity index (χ0v) is 20.5. The van der Waals surface area contributed by atoms with E-state index in [2.05, 4.69) is 21.3 Å². The van der Waals surface area contributed by atoms with Crippen molar-refractivity contribution < 1.29 is 34.2 Å². The summed E-state index contributed by atoms with van der Waals surface area (Å²) in [7, 11) is 0. The molecule has 0 spiro atoms. The minimum absolute atomic E-state index is 0.0104. The normalized spacial score (nSPS) is 18.3. The molecule has 0 aromatic heterocycles. The number of nitrogens with two attached hydrogens (primary N) is 1. The van der Waals surface area contributed by atoms with Crippen molar-refractivity contribution in [3.05, 3.63) is 29.8 Å². The van der Waals surface area contributed by atoms with E-state index in [9.17, 15) is 34.2 Å². The third-order valence-corrected chi connectivity index (χ3v) is 6.20. The number of amides is 4. The van der Waals surface area contributed by atoms with Gasteiger partial charge in [0.15, 0.2) is 0 Å². The van der Waals surface area contributed by atoms with E-state index in [-0.39, 0.29) is 18.1 Å². The number of phenols is 1. The van der Waals surface area contributed by atoms with Gasteiger partial charge in [-0.05, 0) is 43.0 Å². The van der Waals surface area contributed by atoms with E-state index in [0.29, 0.717) is 24.9 Å². The first-order chi connectivity index (χ1) is 17.0. The van der Waals surface area contributed by atoms with Gasteiger partial charge < -0.3 is 37.2 Å². The van der Waals surface area contributed by atoms with Crippen molar-refractivity contribution in [3.8, 4) is 5.75 Å². The molecule has 5 atom stereocenters. The average Bonchev–Trinajstić information content (AvgIpc) is 3.37. The Morgan fingerprint density at radius 3 is 2.22 bits per heavy atom. The molecule has 1 heterocycles. The van der Waals surface area contributed by atoms with Crippen LogP contribution >= 0.6 is 0 Å². The first-order valence-corrected chi connectivity index (χ1v) is 11.9. The molecule has 0 radical (unpaired) electrons. The number of benzene rings is 1. The van der Waals surface area contributed by atoms with Crippen LogP contribution in [-0.4, -0.2) is 70.5 Å². The van der Waals surface area contributed by atoms with Crippen molar-refractivity contribution in [2.24, 2.45) is 11.7 Å². The lowest BCUT2D eigenvalue weighted by atomic mass is 9.98. The van der Waals surface area contributed by atoms with Crippen molar-refractivity contribution >= 4 is 29.6 Å². The number of aliphatic carboxylic acids is 1. The van der Waals surface area contributed by atoms with E-state index in [1.807, 2.05) is 0 Å². The summed E-state index contributed by atoms with van der Waals surface area (Å²) in [6.07, 6.45) is 1.35. The molecule has 1 fully saturated rings. The Balaban J connectivity index is 2.24. The largest absolute Gasteiger partial charge is 0.508 e. The van der Waals surface area contributed by atoms with Crippen LogP contribution in [-0.2, 0) is 30.4 Å². The van der Waals surface area contributed by atoms with Crippen molar-refractivity contribution in [3.63, 3.8) is 0 Å². The predicted octanol–water partition coefficient (Wildman–Crippen LogP) is -0.853. The Labute approximate surface area is 209 Å². The number of primary amides is 1. The number of aromatic hydroxyl groups is 1. The zero-order chi connectivity index (χ0) is 26.8. The Kier molecular flexibility index (Phi) is 10.7. The summed E-state index contributed by atoms with van der Waals surface area (Å²) in [5.41, 5.74) is 5.86. The molecule has 12 heteroatoms. The number of hydrogen-bond acceptors (Lipinski definition) is 7. The zero-order valence-electron chi connectivity index (χ0n) is 20.5. The standard InChI is InChI=1S/C24H35N5O7/c1-3-13(2)20(24(35)36)29-23(34)17(11-14-6-8-15(30)9-7-14)27-22(33)18(12-19(25)31)28-21(32)16-5-4-10-26-16/h6-9,13,16-18,20,26,30H,3-5,10-12H2,1-2H3,(H2,25,31)(H,27,33)(H,28,32)(H,29,34)(H,35,36). The molecule has 1 aliphatic rings. The van der Waals surface area contributed by atoms with Gasteiger partial charge in [0.1, 0.15) is 23.9 Å². The fourth-order valence-corrected chi connectivity index (χ4v) is 3.88. The molecule has 1 aromatic carbocycles. The number of carboxylic acid groups (broad SMARTS) is 1. The number of carbonyl (C=O) groups is 5. The predicted molar refractivity (Wildman–Crippen MR) is 130 cm³/mol. The maximum Gasteiger partial charge on any atom is 0.326 e. The molecule has 1 aromatic rings. The number of phenolic OH excluding ortho intramolecular Hbond substituents is 1. The lowest BCUT2D eigenvalue weighted by molar-refractivity contribution is -0.144. The summed E-state index contributed by atoms with van der Waals surface area (Å²) in [6, 6.07) is 1.69. The second kappa shape index (κ2) is 13.4. The molecule has 12 nitrogen and oxygen atoms in total. The van der Waals surface area contributed by atoms with E-state index >= 15 is 0 Å². The summed E-state index contributed by atoms with van der Waals surface area (Å²) >= 11 is 0. The van der Waals surface area contributed by atoms with E-state index in [1.54, 1.807) is 26.0 Å². The number of rotatable bonds is 13. The second-order valence-corrected chi connectivity index (χ2v) is 9.02. The van der Waals surface area contributed by atoms with Crippen LogP contribution in [0.25, 0.3) is 0 Å². The van der Waals surface area contributed by atoms with Crippen molar-refractivity contribution in [2.45, 2.75) is 70.1 Å². The lowest BCUT2D eigenvalue weighted by Crippen LogP contribution is -2.58. The Morgan fingerprint density at radius 1 is 1.06 bits per heavy atom. The Bertz CT molecular complexity index is 947. The quantitative estimate of drug-likeness (QED) is 0.180. The molecular formula is C24H35N5O7. The molecule has 1 saturated heterocycles. The van der Waals surface area contributed by atoms with E-state index in [1.165, 1.54) is 12.1 Å². The molecule has 198 valence electrons. The summed E-state index contributed by atoms with van der Waals surface area (Å²) in [5.74, 6) is -4.42. The Hall–Kier alpha value is -3.67. The SMILES string of the molecule is CCC(C)C(NC(=O)C(Cc1ccc(O)cc1)NC(=O)C(CC(N)=O)NC(=O)C1CCCN1)C(=O)O. The topological polar surface area (TPSA) is 200 Å². The first kappa shape index (κ1) is 28.6. The van der Waals surface area contributed by atoms with Crippen LogP contribution in [0.3, 0.4) is 0 Å². The molecule has 0 bridgehead atoms. The van der Waals surface area contributed by atoms with Gasteiger partial charge >= 0.3 is 5.97 Å². The van der Waals surface area contributed by atoms with Gasteiger partial charge in [0.05, 0.1) is 12.5 Å². The highest BCUT2D eigenvalue weighted by atomic mass is 16.4. The van der Waals surface area contributed by atoms with Gasteiger partial charge in [0, 0.05) is 6.42 Å². The molecule has 2 rings (SSSR count). The minimum Gasteiger partial charge on any atom is -0.508 e. The van der Waals surface area contributed by atoms with Crippen LogP contribution in [0.5, 0.6) is 5.75 Å². The fourth-order valence-electron chi connectivity index (χ4n) is 3.88. The van der Waals surface area contributed by atoms with Gasteiger partial charge in [-0.2, -0.15) is 0 Å². The molecule has 1 aliphatic heterocycles. The highest BCUT2D eigenvalue weighted by Gasteiger charge is 2.33. The van der Waals surface area contributed by atoms with Crippen LogP contribution in [0.15, 0.2) is 24.3 Å². The molecule has 5 unspecified atom stereocenters. The van der Waals surface area contributed by atoms with Crippen molar-refractivity contribution in [1.29, 1.82) is 0 Å². The maximum absolute atomic E-state index is 13.1. The summed E-state index contributed by atoms with van der Waals surface area (Å²) in [5, 5.41) is 29.6. The summed E-state index contributed by atoms with van der Waals surface area (Å²) in [4.78, 5) is 62.1. The molecule has 4 amide bonds. The first-order valence-electron chi connectivity index (χ1n) is 11.9. The summed E-state index contributed by atoms with van der Waals surface area (Å²) in [6.45, 7) is 4.13. The van der Waals surface area contributed by atoms with Gasteiger partial charge in [-0.1, -0.05) is 32.4 Å². The van der Waals surface area contributed by atoms with Crippen LogP contribution in [0.4, 0.5) is 0 Å². The van der Waals surface area contributed by atoms with Crippen LogP contribution < -0.4 is 27.0 Å². The highest BCUT2D eigenvalue weighted by Crippen LogP contribution is 2.13. The highest BCUT2D eigenvalue weighted by molar-refractivity contribution is 5.96. The maximum atomic E-state index is 13.1. The molecular weight excluding hydrogens is 470 g/mol. The minimum atomic E-state index is -1.32. The third-order valence-electron chi connectivity index (χ3n) is 6.20. The van der Waals surface area contributed by atoms with Gasteiger partial charge in [-0.15, -0.1) is 0 Å². The fraction of sp³-hybridized carbons (Fsp3) is 0.542. The van der Waals surface area contributed by atoms with Crippen LogP contribution in [0.2, 0.25) is 0 Å².